The third kappa shape index (κ3) is 1.91. The first-order valence-corrected chi connectivity index (χ1v) is 5.01. The summed E-state index contributed by atoms with van der Waals surface area (Å²) in [5.41, 5.74) is 0.487. The minimum absolute atomic E-state index is 0.153. The molecule has 4 nitrogen and oxygen atoms in total. The molecular weight excluding hydrogens is 225 g/mol. The van der Waals surface area contributed by atoms with Crippen LogP contribution in [0, 0.1) is 5.82 Å². The Morgan fingerprint density at radius 1 is 1.41 bits per heavy atom. The second-order valence-corrected chi connectivity index (χ2v) is 3.76. The molecule has 17 heavy (non-hydrogen) atoms. The Morgan fingerprint density at radius 3 is 2.71 bits per heavy atom. The van der Waals surface area contributed by atoms with E-state index in [0.717, 1.165) is 0 Å². The van der Waals surface area contributed by atoms with Crippen molar-refractivity contribution in [2.45, 2.75) is 13.5 Å². The molecule has 0 bridgehead atoms. The van der Waals surface area contributed by atoms with Crippen molar-refractivity contribution in [2.24, 2.45) is 0 Å². The van der Waals surface area contributed by atoms with Crippen molar-refractivity contribution in [2.75, 3.05) is 0 Å². The van der Waals surface area contributed by atoms with Crippen molar-refractivity contribution in [1.82, 2.24) is 4.57 Å². The van der Waals surface area contributed by atoms with Crippen molar-refractivity contribution in [3.63, 3.8) is 0 Å². The van der Waals surface area contributed by atoms with Crippen LogP contribution in [0.1, 0.15) is 17.3 Å². The fraction of sp³-hybridized carbons (Fsp3) is 0.167. The number of benzene rings is 1. The molecule has 88 valence electrons. The van der Waals surface area contributed by atoms with Crippen LogP contribution in [0.5, 0.6) is 0 Å². The normalized spacial score (nSPS) is 10.7. The van der Waals surface area contributed by atoms with Gasteiger partial charge in [-0.05, 0) is 13.0 Å². The second kappa shape index (κ2) is 4.01. The van der Waals surface area contributed by atoms with Gasteiger partial charge in [0.15, 0.2) is 5.78 Å². The maximum atomic E-state index is 13.6. The Labute approximate surface area is 96.3 Å². The summed E-state index contributed by atoms with van der Waals surface area (Å²) in [6, 6.07) is 4.34. The van der Waals surface area contributed by atoms with Crippen LogP contribution in [-0.4, -0.2) is 21.4 Å². The predicted molar refractivity (Wildman–Crippen MR) is 59.5 cm³/mol. The summed E-state index contributed by atoms with van der Waals surface area (Å²) in [5, 5.41) is 9.18. The Bertz CT molecular complexity index is 615. The number of hydrogen-bond donors (Lipinski definition) is 1. The van der Waals surface area contributed by atoms with Gasteiger partial charge in [0.25, 0.3) is 0 Å². The lowest BCUT2D eigenvalue weighted by Crippen LogP contribution is -2.08. The van der Waals surface area contributed by atoms with Gasteiger partial charge in [-0.2, -0.15) is 0 Å². The van der Waals surface area contributed by atoms with Crippen LogP contribution >= 0.6 is 0 Å². The van der Waals surface area contributed by atoms with E-state index in [0.29, 0.717) is 10.9 Å². The molecule has 0 aliphatic carbocycles. The Morgan fingerprint density at radius 2 is 2.12 bits per heavy atom. The average Bonchev–Trinajstić information content (AvgIpc) is 2.57. The zero-order valence-electron chi connectivity index (χ0n) is 9.11. The standard InChI is InChI=1S/C12H10FNO3/c1-7(15)9-5-14(6-11(16)17)12-8(9)3-2-4-10(12)13/h2-5H,6H2,1H3,(H,16,17). The molecule has 0 fully saturated rings. The maximum Gasteiger partial charge on any atom is 0.323 e. The first-order valence-electron chi connectivity index (χ1n) is 5.01. The smallest absolute Gasteiger partial charge is 0.323 e. The average molecular weight is 235 g/mol. The molecule has 1 N–H and O–H groups in total. The molecular formula is C12H10FNO3. The first kappa shape index (κ1) is 11.3. The number of carboxylic acids is 1. The molecule has 0 amide bonds. The SMILES string of the molecule is CC(=O)c1cn(CC(=O)O)c2c(F)cccc12. The highest BCUT2D eigenvalue weighted by atomic mass is 19.1. The van der Waals surface area contributed by atoms with E-state index in [1.54, 1.807) is 6.07 Å². The van der Waals surface area contributed by atoms with E-state index in [4.69, 9.17) is 5.11 Å². The molecule has 1 aromatic carbocycles. The number of aliphatic carboxylic acids is 1. The summed E-state index contributed by atoms with van der Waals surface area (Å²) in [6.45, 7) is 0.996. The van der Waals surface area contributed by atoms with E-state index >= 15 is 0 Å². The molecule has 2 rings (SSSR count). The van der Waals surface area contributed by atoms with Crippen LogP contribution < -0.4 is 0 Å². The van der Waals surface area contributed by atoms with Crippen molar-refractivity contribution < 1.29 is 19.1 Å². The highest BCUT2D eigenvalue weighted by Gasteiger charge is 2.16. The topological polar surface area (TPSA) is 59.3 Å². The highest BCUT2D eigenvalue weighted by Crippen LogP contribution is 2.24. The predicted octanol–water partition coefficient (Wildman–Crippen LogP) is 2.07. The van der Waals surface area contributed by atoms with Gasteiger partial charge in [0.2, 0.25) is 0 Å². The van der Waals surface area contributed by atoms with E-state index in [2.05, 4.69) is 0 Å². The Hall–Kier alpha value is -2.17. The molecule has 5 heteroatoms. The summed E-state index contributed by atoms with van der Waals surface area (Å²) >= 11 is 0. The van der Waals surface area contributed by atoms with Crippen LogP contribution in [0.4, 0.5) is 4.39 Å². The number of rotatable bonds is 3. The number of nitrogens with zero attached hydrogens (tertiary/aromatic N) is 1. The second-order valence-electron chi connectivity index (χ2n) is 3.76. The number of carbonyl (C=O) groups excluding carboxylic acids is 1. The van der Waals surface area contributed by atoms with Gasteiger partial charge in [-0.25, -0.2) is 4.39 Å². The lowest BCUT2D eigenvalue weighted by Gasteiger charge is -2.01. The lowest BCUT2D eigenvalue weighted by atomic mass is 10.1. The Kier molecular flexibility index (Phi) is 2.67. The van der Waals surface area contributed by atoms with Gasteiger partial charge in [0.1, 0.15) is 12.4 Å². The molecule has 0 radical (unpaired) electrons. The largest absolute Gasteiger partial charge is 0.480 e. The van der Waals surface area contributed by atoms with Crippen molar-refractivity contribution in [3.8, 4) is 0 Å². The van der Waals surface area contributed by atoms with E-state index in [9.17, 15) is 14.0 Å². The number of aromatic nitrogens is 1. The number of fused-ring (bicyclic) bond motifs is 1. The zero-order chi connectivity index (χ0) is 12.6. The van der Waals surface area contributed by atoms with E-state index < -0.39 is 11.8 Å². The van der Waals surface area contributed by atoms with Crippen LogP contribution in [0.25, 0.3) is 10.9 Å². The summed E-state index contributed by atoms with van der Waals surface area (Å²) in [6.07, 6.45) is 1.38. The molecule has 2 aromatic rings. The van der Waals surface area contributed by atoms with Crippen molar-refractivity contribution in [1.29, 1.82) is 0 Å². The molecule has 1 heterocycles. The van der Waals surface area contributed by atoms with Gasteiger partial charge in [-0.1, -0.05) is 12.1 Å². The number of carbonyl (C=O) groups is 2. The number of para-hydroxylation sites is 1. The number of ketones is 1. The Balaban J connectivity index is 2.75. The molecule has 1 aromatic heterocycles. The van der Waals surface area contributed by atoms with Gasteiger partial charge >= 0.3 is 5.97 Å². The molecule has 0 saturated carbocycles. The van der Waals surface area contributed by atoms with Gasteiger partial charge in [0.05, 0.1) is 5.52 Å². The molecule has 0 atom stereocenters. The quantitative estimate of drug-likeness (QED) is 0.828. The monoisotopic (exact) mass is 235 g/mol. The highest BCUT2D eigenvalue weighted by molar-refractivity contribution is 6.07. The van der Waals surface area contributed by atoms with Crippen LogP contribution in [0.3, 0.4) is 0 Å². The van der Waals surface area contributed by atoms with Gasteiger partial charge in [-0.3, -0.25) is 9.59 Å². The molecule has 0 unspecified atom stereocenters. The minimum Gasteiger partial charge on any atom is -0.480 e. The van der Waals surface area contributed by atoms with Gasteiger partial charge in [-0.15, -0.1) is 0 Å². The third-order valence-corrected chi connectivity index (χ3v) is 2.53. The number of carboxylic acid groups (broad SMARTS) is 1. The van der Waals surface area contributed by atoms with Gasteiger partial charge in [0, 0.05) is 17.1 Å². The van der Waals surface area contributed by atoms with Crippen molar-refractivity contribution in [3.05, 3.63) is 35.8 Å². The van der Waals surface area contributed by atoms with Gasteiger partial charge < -0.3 is 9.67 Å². The minimum atomic E-state index is -1.08. The van der Waals surface area contributed by atoms with Crippen LogP contribution in [0.2, 0.25) is 0 Å². The molecule has 0 aliphatic heterocycles. The molecule has 0 saturated heterocycles. The fourth-order valence-electron chi connectivity index (χ4n) is 1.87. The first-order chi connectivity index (χ1) is 8.00. The van der Waals surface area contributed by atoms with Crippen molar-refractivity contribution >= 4 is 22.7 Å². The fourth-order valence-corrected chi connectivity index (χ4v) is 1.87. The van der Waals surface area contributed by atoms with Crippen LogP contribution in [0.15, 0.2) is 24.4 Å². The number of hydrogen-bond acceptors (Lipinski definition) is 2. The summed E-state index contributed by atoms with van der Waals surface area (Å²) in [7, 11) is 0. The molecule has 0 spiro atoms. The number of Topliss-reactive ketones (excluding diaryl/α,β-unsaturated/α-hetero) is 1. The van der Waals surface area contributed by atoms with E-state index in [1.807, 2.05) is 0 Å². The summed E-state index contributed by atoms with van der Waals surface area (Å²) in [5.74, 6) is -1.83. The third-order valence-electron chi connectivity index (χ3n) is 2.53. The molecule has 0 aliphatic rings. The zero-order valence-corrected chi connectivity index (χ0v) is 9.11. The van der Waals surface area contributed by atoms with E-state index in [-0.39, 0.29) is 17.8 Å². The van der Waals surface area contributed by atoms with E-state index in [1.165, 1.54) is 29.8 Å². The summed E-state index contributed by atoms with van der Waals surface area (Å²) < 4.78 is 14.9. The number of halogens is 1. The summed E-state index contributed by atoms with van der Waals surface area (Å²) in [4.78, 5) is 22.1. The maximum absolute atomic E-state index is 13.6. The van der Waals surface area contributed by atoms with Crippen LogP contribution in [-0.2, 0) is 11.3 Å². The lowest BCUT2D eigenvalue weighted by molar-refractivity contribution is -0.137.